The highest BCUT2D eigenvalue weighted by molar-refractivity contribution is 5.78. The molecule has 4 nitrogen and oxygen atoms in total. The molecule has 12 heavy (non-hydrogen) atoms. The van der Waals surface area contributed by atoms with Gasteiger partial charge in [-0.3, -0.25) is 4.79 Å². The molecule has 0 aromatic heterocycles. The number of nitrogens with one attached hydrogen (secondary N) is 1. The molecule has 0 unspecified atom stereocenters. The van der Waals surface area contributed by atoms with Gasteiger partial charge in [0.1, 0.15) is 0 Å². The van der Waals surface area contributed by atoms with Crippen LogP contribution in [-0.2, 0) is 4.79 Å². The Balaban J connectivity index is 2.20. The molecule has 1 radical (unpaired) electrons. The molecule has 0 aromatic carbocycles. The average Bonchev–Trinajstić information content (AvgIpc) is 2.15. The highest BCUT2D eigenvalue weighted by Crippen LogP contribution is 2.11. The number of hydrogen-bond acceptors (Lipinski definition) is 2. The molecule has 1 fully saturated rings. The third kappa shape index (κ3) is 2.79. The van der Waals surface area contributed by atoms with E-state index in [4.69, 9.17) is 5.11 Å². The van der Waals surface area contributed by atoms with Crippen LogP contribution < -0.4 is 10.6 Å². The molecule has 4 heteroatoms. The lowest BCUT2D eigenvalue weighted by Gasteiger charge is -2.20. The third-order valence-electron chi connectivity index (χ3n) is 2.05. The minimum atomic E-state index is 0.0167. The van der Waals surface area contributed by atoms with Crippen LogP contribution in [0, 0.1) is 5.92 Å². The summed E-state index contributed by atoms with van der Waals surface area (Å²) in [5, 5.41) is 15.3. The van der Waals surface area contributed by atoms with Crippen molar-refractivity contribution < 1.29 is 9.90 Å². The number of carbonyl (C=O) groups excluding carboxylic acids is 1. The quantitative estimate of drug-likeness (QED) is 0.578. The van der Waals surface area contributed by atoms with Crippen LogP contribution in [0.2, 0.25) is 0 Å². The van der Waals surface area contributed by atoms with Crippen molar-refractivity contribution in [1.29, 1.82) is 0 Å². The van der Waals surface area contributed by atoms with E-state index in [0.29, 0.717) is 6.54 Å². The molecule has 0 bridgehead atoms. The standard InChI is InChI=1S/C8H15N2O2/c11-6-5-10-8(12)7-1-3-9-4-2-7/h7,11H,1-6H2,(H,10,12). The van der Waals surface area contributed by atoms with Crippen LogP contribution in [0.4, 0.5) is 0 Å². The van der Waals surface area contributed by atoms with Crippen LogP contribution in [0.3, 0.4) is 0 Å². The van der Waals surface area contributed by atoms with Gasteiger partial charge in [-0.1, -0.05) is 0 Å². The largest absolute Gasteiger partial charge is 0.395 e. The number of hydrogen-bond donors (Lipinski definition) is 2. The van der Waals surface area contributed by atoms with Crippen molar-refractivity contribution in [3.05, 3.63) is 0 Å². The highest BCUT2D eigenvalue weighted by atomic mass is 16.3. The van der Waals surface area contributed by atoms with Gasteiger partial charge < -0.3 is 10.4 Å². The zero-order valence-electron chi connectivity index (χ0n) is 7.12. The van der Waals surface area contributed by atoms with E-state index in [1.54, 1.807) is 0 Å². The molecular formula is C8H15N2O2. The van der Waals surface area contributed by atoms with E-state index in [1.165, 1.54) is 0 Å². The third-order valence-corrected chi connectivity index (χ3v) is 2.05. The number of piperidine rings is 1. The fourth-order valence-corrected chi connectivity index (χ4v) is 1.34. The first kappa shape index (κ1) is 9.48. The molecule has 0 saturated carbocycles. The summed E-state index contributed by atoms with van der Waals surface area (Å²) >= 11 is 0. The summed E-state index contributed by atoms with van der Waals surface area (Å²) in [7, 11) is 0. The molecule has 1 amide bonds. The number of aliphatic hydroxyl groups is 1. The van der Waals surface area contributed by atoms with Crippen molar-refractivity contribution in [3.8, 4) is 0 Å². The normalized spacial score (nSPS) is 19.1. The number of rotatable bonds is 3. The predicted octanol–water partition coefficient (Wildman–Crippen LogP) is -0.891. The van der Waals surface area contributed by atoms with Crippen LogP contribution in [0.5, 0.6) is 0 Å². The van der Waals surface area contributed by atoms with Gasteiger partial charge in [0.2, 0.25) is 5.91 Å². The van der Waals surface area contributed by atoms with Gasteiger partial charge in [0, 0.05) is 25.6 Å². The Labute approximate surface area is 72.3 Å². The summed E-state index contributed by atoms with van der Waals surface area (Å²) in [4.78, 5) is 11.3. The van der Waals surface area contributed by atoms with E-state index in [0.717, 1.165) is 25.9 Å². The Morgan fingerprint density at radius 2 is 2.17 bits per heavy atom. The molecule has 1 aliphatic rings. The minimum absolute atomic E-state index is 0.0167. The van der Waals surface area contributed by atoms with Crippen molar-refractivity contribution in [2.75, 3.05) is 26.2 Å². The van der Waals surface area contributed by atoms with Crippen LogP contribution in [0.25, 0.3) is 0 Å². The van der Waals surface area contributed by atoms with E-state index >= 15 is 0 Å². The Morgan fingerprint density at radius 1 is 1.50 bits per heavy atom. The fraction of sp³-hybridized carbons (Fsp3) is 0.875. The van der Waals surface area contributed by atoms with Gasteiger partial charge in [0.05, 0.1) is 6.61 Å². The molecule has 1 aliphatic heterocycles. The summed E-state index contributed by atoms with van der Waals surface area (Å²) in [5.74, 6) is 0.188. The Kier molecular flexibility index (Phi) is 4.04. The average molecular weight is 171 g/mol. The molecule has 69 valence electrons. The molecule has 1 heterocycles. The summed E-state index contributed by atoms with van der Waals surface area (Å²) in [6, 6.07) is 0. The molecule has 1 rings (SSSR count). The fourth-order valence-electron chi connectivity index (χ4n) is 1.34. The van der Waals surface area contributed by atoms with Gasteiger partial charge in [0.25, 0.3) is 0 Å². The van der Waals surface area contributed by atoms with Gasteiger partial charge in [-0.2, -0.15) is 0 Å². The lowest BCUT2D eigenvalue weighted by atomic mass is 9.97. The van der Waals surface area contributed by atoms with E-state index in [2.05, 4.69) is 10.6 Å². The maximum absolute atomic E-state index is 11.3. The van der Waals surface area contributed by atoms with Crippen molar-refractivity contribution >= 4 is 5.91 Å². The zero-order chi connectivity index (χ0) is 8.81. The van der Waals surface area contributed by atoms with Crippen molar-refractivity contribution in [1.82, 2.24) is 10.6 Å². The van der Waals surface area contributed by atoms with Crippen LogP contribution in [0.1, 0.15) is 12.8 Å². The second-order valence-electron chi connectivity index (χ2n) is 2.96. The highest BCUT2D eigenvalue weighted by Gasteiger charge is 2.20. The van der Waals surface area contributed by atoms with Gasteiger partial charge in [-0.05, 0) is 12.8 Å². The smallest absolute Gasteiger partial charge is 0.223 e. The second kappa shape index (κ2) is 5.11. The Hall–Kier alpha value is -0.610. The number of nitrogens with zero attached hydrogens (tertiary/aromatic N) is 1. The summed E-state index contributed by atoms with van der Waals surface area (Å²) in [6.07, 6.45) is 1.72. The molecule has 2 N–H and O–H groups in total. The summed E-state index contributed by atoms with van der Waals surface area (Å²) < 4.78 is 0. The van der Waals surface area contributed by atoms with Crippen molar-refractivity contribution in [2.24, 2.45) is 5.92 Å². The minimum Gasteiger partial charge on any atom is -0.395 e. The van der Waals surface area contributed by atoms with E-state index < -0.39 is 0 Å². The summed E-state index contributed by atoms with van der Waals surface area (Å²) in [6.45, 7) is 1.99. The van der Waals surface area contributed by atoms with E-state index in [-0.39, 0.29) is 18.4 Å². The maximum Gasteiger partial charge on any atom is 0.223 e. The number of amides is 1. The molecule has 0 aliphatic carbocycles. The summed E-state index contributed by atoms with van der Waals surface area (Å²) in [5.41, 5.74) is 0. The lowest BCUT2D eigenvalue weighted by Crippen LogP contribution is -2.37. The predicted molar refractivity (Wildman–Crippen MR) is 44.7 cm³/mol. The first-order chi connectivity index (χ1) is 5.84. The zero-order valence-corrected chi connectivity index (χ0v) is 7.12. The first-order valence-corrected chi connectivity index (χ1v) is 4.36. The van der Waals surface area contributed by atoms with Crippen molar-refractivity contribution in [2.45, 2.75) is 12.8 Å². The number of carbonyl (C=O) groups is 1. The second-order valence-corrected chi connectivity index (χ2v) is 2.96. The van der Waals surface area contributed by atoms with Crippen molar-refractivity contribution in [3.63, 3.8) is 0 Å². The van der Waals surface area contributed by atoms with Crippen LogP contribution >= 0.6 is 0 Å². The van der Waals surface area contributed by atoms with E-state index in [1.807, 2.05) is 0 Å². The lowest BCUT2D eigenvalue weighted by molar-refractivity contribution is -0.125. The van der Waals surface area contributed by atoms with Gasteiger partial charge in [-0.25, -0.2) is 5.32 Å². The van der Waals surface area contributed by atoms with Gasteiger partial charge in [-0.15, -0.1) is 0 Å². The van der Waals surface area contributed by atoms with E-state index in [9.17, 15) is 4.79 Å². The first-order valence-electron chi connectivity index (χ1n) is 4.36. The van der Waals surface area contributed by atoms with Crippen LogP contribution in [-0.4, -0.2) is 37.3 Å². The number of aliphatic hydroxyl groups excluding tert-OH is 1. The van der Waals surface area contributed by atoms with Gasteiger partial charge in [0.15, 0.2) is 0 Å². The molecule has 0 aromatic rings. The molecular weight excluding hydrogens is 156 g/mol. The van der Waals surface area contributed by atoms with Gasteiger partial charge >= 0.3 is 0 Å². The topological polar surface area (TPSA) is 63.4 Å². The molecule has 0 atom stereocenters. The molecule has 1 saturated heterocycles. The molecule has 0 spiro atoms. The van der Waals surface area contributed by atoms with Crippen LogP contribution in [0.15, 0.2) is 0 Å². The monoisotopic (exact) mass is 171 g/mol. The Morgan fingerprint density at radius 3 is 2.75 bits per heavy atom. The Bertz CT molecular complexity index is 144. The maximum atomic E-state index is 11.3. The SMILES string of the molecule is O=C(NCCO)C1CC[N]CC1.